The first-order valence-electron chi connectivity index (χ1n) is 6.97. The Bertz CT molecular complexity index is 414. The molecule has 1 atom stereocenters. The van der Waals surface area contributed by atoms with E-state index >= 15 is 0 Å². The molecule has 2 rings (SSSR count). The highest BCUT2D eigenvalue weighted by molar-refractivity contribution is 5.78. The molecule has 3 nitrogen and oxygen atoms in total. The molecule has 0 saturated heterocycles. The van der Waals surface area contributed by atoms with E-state index in [2.05, 4.69) is 17.5 Å². The highest BCUT2D eigenvalue weighted by Gasteiger charge is 2.17. The van der Waals surface area contributed by atoms with Gasteiger partial charge in [-0.2, -0.15) is 0 Å². The summed E-state index contributed by atoms with van der Waals surface area (Å²) in [6.07, 6.45) is 7.97. The number of benzene rings is 1. The van der Waals surface area contributed by atoms with Gasteiger partial charge in [-0.3, -0.25) is 4.79 Å². The summed E-state index contributed by atoms with van der Waals surface area (Å²) < 4.78 is 5.57. The monoisotopic (exact) mass is 259 g/mol. The van der Waals surface area contributed by atoms with Crippen LogP contribution in [0.1, 0.15) is 25.7 Å². The third kappa shape index (κ3) is 4.78. The van der Waals surface area contributed by atoms with Crippen LogP contribution in [0, 0.1) is 5.92 Å². The van der Waals surface area contributed by atoms with Gasteiger partial charge >= 0.3 is 0 Å². The zero-order valence-corrected chi connectivity index (χ0v) is 11.2. The SMILES string of the molecule is O=C(NCCCOc1ccccc1)C1CC=CCC1. The molecule has 1 aromatic rings. The van der Waals surface area contributed by atoms with Gasteiger partial charge in [0.1, 0.15) is 5.75 Å². The predicted molar refractivity (Wildman–Crippen MR) is 76.0 cm³/mol. The molecule has 0 aliphatic heterocycles. The highest BCUT2D eigenvalue weighted by atomic mass is 16.5. The van der Waals surface area contributed by atoms with Gasteiger partial charge in [0, 0.05) is 12.5 Å². The Hall–Kier alpha value is -1.77. The average Bonchev–Trinajstić information content (AvgIpc) is 2.49. The quantitative estimate of drug-likeness (QED) is 0.630. The lowest BCUT2D eigenvalue weighted by Crippen LogP contribution is -2.32. The van der Waals surface area contributed by atoms with Crippen LogP contribution in [0.15, 0.2) is 42.5 Å². The molecule has 1 N–H and O–H groups in total. The molecular weight excluding hydrogens is 238 g/mol. The lowest BCUT2D eigenvalue weighted by molar-refractivity contribution is -0.125. The van der Waals surface area contributed by atoms with Crippen molar-refractivity contribution in [2.24, 2.45) is 5.92 Å². The summed E-state index contributed by atoms with van der Waals surface area (Å²) in [5.41, 5.74) is 0. The van der Waals surface area contributed by atoms with Gasteiger partial charge in [-0.15, -0.1) is 0 Å². The second-order valence-electron chi connectivity index (χ2n) is 4.79. The van der Waals surface area contributed by atoms with Crippen LogP contribution in [-0.2, 0) is 4.79 Å². The molecule has 3 heteroatoms. The maximum Gasteiger partial charge on any atom is 0.223 e. The lowest BCUT2D eigenvalue weighted by atomic mass is 9.94. The molecule has 1 aliphatic rings. The highest BCUT2D eigenvalue weighted by Crippen LogP contribution is 2.17. The summed E-state index contributed by atoms with van der Waals surface area (Å²) in [4.78, 5) is 11.8. The van der Waals surface area contributed by atoms with Crippen LogP contribution in [-0.4, -0.2) is 19.1 Å². The van der Waals surface area contributed by atoms with Gasteiger partial charge in [0.15, 0.2) is 0 Å². The molecule has 0 spiro atoms. The summed E-state index contributed by atoms with van der Waals surface area (Å²) in [6.45, 7) is 1.32. The van der Waals surface area contributed by atoms with Gasteiger partial charge in [-0.25, -0.2) is 0 Å². The molecule has 19 heavy (non-hydrogen) atoms. The number of carbonyl (C=O) groups is 1. The molecule has 102 valence electrons. The minimum atomic E-state index is 0.167. The van der Waals surface area contributed by atoms with Crippen molar-refractivity contribution in [1.82, 2.24) is 5.32 Å². The number of hydrogen-bond acceptors (Lipinski definition) is 2. The molecule has 0 fully saturated rings. The fraction of sp³-hybridized carbons (Fsp3) is 0.438. The van der Waals surface area contributed by atoms with Crippen LogP contribution in [0.4, 0.5) is 0 Å². The van der Waals surface area contributed by atoms with Gasteiger partial charge in [0.05, 0.1) is 6.61 Å². The first kappa shape index (κ1) is 13.7. The second-order valence-corrected chi connectivity index (χ2v) is 4.79. The maximum absolute atomic E-state index is 11.8. The van der Waals surface area contributed by atoms with E-state index in [1.165, 1.54) is 0 Å². The minimum absolute atomic E-state index is 0.167. The zero-order chi connectivity index (χ0) is 13.3. The van der Waals surface area contributed by atoms with Gasteiger partial charge in [0.25, 0.3) is 0 Å². The van der Waals surface area contributed by atoms with Crippen LogP contribution in [0.5, 0.6) is 5.75 Å². The summed E-state index contributed by atoms with van der Waals surface area (Å²) in [5, 5.41) is 2.99. The molecule has 1 amide bonds. The smallest absolute Gasteiger partial charge is 0.223 e. The summed E-state index contributed by atoms with van der Waals surface area (Å²) in [5.74, 6) is 1.23. The molecule has 0 bridgehead atoms. The Morgan fingerprint density at radius 2 is 2.11 bits per heavy atom. The van der Waals surface area contributed by atoms with Gasteiger partial charge in [0.2, 0.25) is 5.91 Å². The van der Waals surface area contributed by atoms with E-state index in [-0.39, 0.29) is 11.8 Å². The van der Waals surface area contributed by atoms with Gasteiger partial charge in [-0.1, -0.05) is 30.4 Å². The Kier molecular flexibility index (Phi) is 5.48. The number of allylic oxidation sites excluding steroid dienone is 2. The lowest BCUT2D eigenvalue weighted by Gasteiger charge is -2.17. The molecule has 0 radical (unpaired) electrons. The van der Waals surface area contributed by atoms with Gasteiger partial charge in [-0.05, 0) is 37.8 Å². The first-order valence-corrected chi connectivity index (χ1v) is 6.97. The largest absolute Gasteiger partial charge is 0.494 e. The number of amides is 1. The van der Waals surface area contributed by atoms with Crippen molar-refractivity contribution in [3.8, 4) is 5.75 Å². The third-order valence-corrected chi connectivity index (χ3v) is 3.27. The summed E-state index contributed by atoms with van der Waals surface area (Å²) >= 11 is 0. The van der Waals surface area contributed by atoms with E-state index < -0.39 is 0 Å². The number of carbonyl (C=O) groups excluding carboxylic acids is 1. The van der Waals surface area contributed by atoms with Crippen molar-refractivity contribution in [3.05, 3.63) is 42.5 Å². The van der Waals surface area contributed by atoms with Crippen LogP contribution < -0.4 is 10.1 Å². The van der Waals surface area contributed by atoms with Crippen molar-refractivity contribution >= 4 is 5.91 Å². The van der Waals surface area contributed by atoms with Crippen molar-refractivity contribution in [2.45, 2.75) is 25.7 Å². The molecule has 0 heterocycles. The van der Waals surface area contributed by atoms with Crippen LogP contribution in [0.25, 0.3) is 0 Å². The fourth-order valence-electron chi connectivity index (χ4n) is 2.17. The number of nitrogens with one attached hydrogen (secondary N) is 1. The van der Waals surface area contributed by atoms with Crippen molar-refractivity contribution in [2.75, 3.05) is 13.2 Å². The Morgan fingerprint density at radius 1 is 1.26 bits per heavy atom. The second kappa shape index (κ2) is 7.62. The standard InChI is InChI=1S/C16H21NO2/c18-16(14-8-3-1-4-9-14)17-12-7-13-19-15-10-5-2-6-11-15/h1-3,5-6,10-11,14H,4,7-9,12-13H2,(H,17,18). The first-order chi connectivity index (χ1) is 9.36. The van der Waals surface area contributed by atoms with Crippen LogP contribution in [0.3, 0.4) is 0 Å². The van der Waals surface area contributed by atoms with Crippen LogP contribution >= 0.6 is 0 Å². The number of rotatable bonds is 6. The maximum atomic E-state index is 11.8. The Balaban J connectivity index is 1.56. The van der Waals surface area contributed by atoms with E-state index in [4.69, 9.17) is 4.74 Å². The predicted octanol–water partition coefficient (Wildman–Crippen LogP) is 2.93. The van der Waals surface area contributed by atoms with Crippen molar-refractivity contribution in [1.29, 1.82) is 0 Å². The molecule has 0 saturated carbocycles. The third-order valence-electron chi connectivity index (χ3n) is 3.27. The van der Waals surface area contributed by atoms with E-state index in [1.807, 2.05) is 30.3 Å². The van der Waals surface area contributed by atoms with E-state index in [0.29, 0.717) is 13.2 Å². The zero-order valence-electron chi connectivity index (χ0n) is 11.2. The average molecular weight is 259 g/mol. The fourth-order valence-corrected chi connectivity index (χ4v) is 2.17. The van der Waals surface area contributed by atoms with E-state index in [0.717, 1.165) is 31.4 Å². The number of ether oxygens (including phenoxy) is 1. The topological polar surface area (TPSA) is 38.3 Å². The van der Waals surface area contributed by atoms with Gasteiger partial charge < -0.3 is 10.1 Å². The van der Waals surface area contributed by atoms with Crippen molar-refractivity contribution in [3.63, 3.8) is 0 Å². The van der Waals surface area contributed by atoms with E-state index in [1.54, 1.807) is 0 Å². The summed E-state index contributed by atoms with van der Waals surface area (Å²) in [7, 11) is 0. The molecular formula is C16H21NO2. The molecule has 0 aromatic heterocycles. The van der Waals surface area contributed by atoms with Crippen LogP contribution in [0.2, 0.25) is 0 Å². The molecule has 1 aromatic carbocycles. The molecule has 1 unspecified atom stereocenters. The Morgan fingerprint density at radius 3 is 2.84 bits per heavy atom. The molecule has 1 aliphatic carbocycles. The van der Waals surface area contributed by atoms with Crippen molar-refractivity contribution < 1.29 is 9.53 Å². The van der Waals surface area contributed by atoms with E-state index in [9.17, 15) is 4.79 Å². The minimum Gasteiger partial charge on any atom is -0.494 e. The number of para-hydroxylation sites is 1. The normalized spacial score (nSPS) is 18.0. The Labute approximate surface area is 114 Å². The number of hydrogen-bond donors (Lipinski definition) is 1. The summed E-state index contributed by atoms with van der Waals surface area (Å²) in [6, 6.07) is 9.74.